The van der Waals surface area contributed by atoms with Gasteiger partial charge in [-0.1, -0.05) is 12.1 Å². The number of nitrogens with zero attached hydrogens (tertiary/aromatic N) is 1. The van der Waals surface area contributed by atoms with Crippen molar-refractivity contribution in [1.29, 1.82) is 0 Å². The number of ether oxygens (including phenoxy) is 3. The summed E-state index contributed by atoms with van der Waals surface area (Å²) in [5.74, 6) is 2.24. The fourth-order valence-electron chi connectivity index (χ4n) is 2.91. The van der Waals surface area contributed by atoms with Crippen molar-refractivity contribution in [3.05, 3.63) is 53.6 Å². The number of hydrogen-bond acceptors (Lipinski definition) is 4. The summed E-state index contributed by atoms with van der Waals surface area (Å²) in [4.78, 5) is 14.9. The van der Waals surface area contributed by atoms with Crippen molar-refractivity contribution in [2.24, 2.45) is 0 Å². The Balaban J connectivity index is 1.57. The molecule has 4 rings (SSSR count). The summed E-state index contributed by atoms with van der Waals surface area (Å²) < 4.78 is 16.0. The van der Waals surface area contributed by atoms with Crippen LogP contribution >= 0.6 is 0 Å². The molecule has 0 radical (unpaired) electrons. The molecule has 0 unspecified atom stereocenters. The molecule has 2 aromatic rings. The third-order valence-corrected chi connectivity index (χ3v) is 4.36. The Morgan fingerprint density at radius 1 is 1.17 bits per heavy atom. The minimum absolute atomic E-state index is 0.0362. The highest BCUT2D eigenvalue weighted by Gasteiger charge is 2.33. The van der Waals surface area contributed by atoms with E-state index in [0.717, 1.165) is 29.9 Å². The Kier molecular flexibility index (Phi) is 3.76. The summed E-state index contributed by atoms with van der Waals surface area (Å²) >= 11 is 0. The number of amides is 1. The molecule has 1 aliphatic carbocycles. The first-order valence-electron chi connectivity index (χ1n) is 8.08. The van der Waals surface area contributed by atoms with Crippen molar-refractivity contribution in [2.45, 2.75) is 25.4 Å². The second-order valence-corrected chi connectivity index (χ2v) is 6.08. The summed E-state index contributed by atoms with van der Waals surface area (Å²) in [5, 5.41) is 0. The first-order valence-corrected chi connectivity index (χ1v) is 8.08. The van der Waals surface area contributed by atoms with Gasteiger partial charge in [0.2, 0.25) is 6.79 Å². The number of fused-ring (bicyclic) bond motifs is 1. The van der Waals surface area contributed by atoms with Crippen LogP contribution in [0.3, 0.4) is 0 Å². The first-order chi connectivity index (χ1) is 11.7. The molecule has 5 nitrogen and oxygen atoms in total. The van der Waals surface area contributed by atoms with E-state index in [1.54, 1.807) is 13.2 Å². The van der Waals surface area contributed by atoms with Crippen LogP contribution in [0.4, 0.5) is 0 Å². The third-order valence-electron chi connectivity index (χ3n) is 4.36. The maximum atomic E-state index is 12.9. The highest BCUT2D eigenvalue weighted by molar-refractivity contribution is 5.95. The van der Waals surface area contributed by atoms with Crippen LogP contribution in [0.5, 0.6) is 17.2 Å². The molecule has 2 aromatic carbocycles. The lowest BCUT2D eigenvalue weighted by Gasteiger charge is -2.23. The van der Waals surface area contributed by atoms with E-state index < -0.39 is 0 Å². The predicted octanol–water partition coefficient (Wildman–Crippen LogP) is 3.23. The zero-order chi connectivity index (χ0) is 16.5. The third kappa shape index (κ3) is 2.89. The van der Waals surface area contributed by atoms with Gasteiger partial charge in [0.05, 0.1) is 7.11 Å². The van der Waals surface area contributed by atoms with Crippen LogP contribution in [-0.4, -0.2) is 30.8 Å². The molecule has 5 heteroatoms. The molecule has 124 valence electrons. The second-order valence-electron chi connectivity index (χ2n) is 6.08. The Hall–Kier alpha value is -2.69. The Morgan fingerprint density at radius 3 is 2.79 bits per heavy atom. The van der Waals surface area contributed by atoms with Gasteiger partial charge in [-0.25, -0.2) is 0 Å². The zero-order valence-corrected chi connectivity index (χ0v) is 13.5. The van der Waals surface area contributed by atoms with E-state index in [4.69, 9.17) is 14.2 Å². The lowest BCUT2D eigenvalue weighted by atomic mass is 10.1. The van der Waals surface area contributed by atoms with Gasteiger partial charge in [0.25, 0.3) is 5.91 Å². The Labute approximate surface area is 140 Å². The lowest BCUT2D eigenvalue weighted by Crippen LogP contribution is -2.32. The van der Waals surface area contributed by atoms with Gasteiger partial charge in [-0.05, 0) is 48.7 Å². The van der Waals surface area contributed by atoms with Gasteiger partial charge in [-0.2, -0.15) is 0 Å². The van der Waals surface area contributed by atoms with Crippen molar-refractivity contribution >= 4 is 5.91 Å². The molecule has 0 saturated heterocycles. The van der Waals surface area contributed by atoms with Crippen molar-refractivity contribution < 1.29 is 19.0 Å². The van der Waals surface area contributed by atoms with Crippen LogP contribution in [0.2, 0.25) is 0 Å². The van der Waals surface area contributed by atoms with Gasteiger partial charge in [-0.3, -0.25) is 4.79 Å². The maximum absolute atomic E-state index is 12.9. The van der Waals surface area contributed by atoms with E-state index in [9.17, 15) is 4.79 Å². The number of rotatable bonds is 5. The zero-order valence-electron chi connectivity index (χ0n) is 13.5. The van der Waals surface area contributed by atoms with Crippen LogP contribution in [0.1, 0.15) is 28.8 Å². The van der Waals surface area contributed by atoms with Crippen LogP contribution in [0.15, 0.2) is 42.5 Å². The van der Waals surface area contributed by atoms with Gasteiger partial charge in [0.15, 0.2) is 11.5 Å². The van der Waals surface area contributed by atoms with Crippen molar-refractivity contribution in [2.75, 3.05) is 13.9 Å². The normalized spacial score (nSPS) is 15.2. The van der Waals surface area contributed by atoms with Crippen LogP contribution in [0.25, 0.3) is 0 Å². The lowest BCUT2D eigenvalue weighted by molar-refractivity contribution is 0.0729. The molecule has 0 bridgehead atoms. The molecule has 0 spiro atoms. The summed E-state index contributed by atoms with van der Waals surface area (Å²) in [6.07, 6.45) is 2.11. The quantitative estimate of drug-likeness (QED) is 0.847. The van der Waals surface area contributed by atoms with Crippen molar-refractivity contribution in [3.8, 4) is 17.2 Å². The number of carbonyl (C=O) groups is 1. The standard InChI is InChI=1S/C19H19NO4/c1-22-16-4-2-3-14(10-16)19(21)20(15-6-7-15)11-13-5-8-17-18(9-13)24-12-23-17/h2-5,8-10,15H,6-7,11-12H2,1H3. The minimum Gasteiger partial charge on any atom is -0.497 e. The summed E-state index contributed by atoms with van der Waals surface area (Å²) in [6, 6.07) is 13.5. The van der Waals surface area contributed by atoms with Crippen LogP contribution < -0.4 is 14.2 Å². The fraction of sp³-hybridized carbons (Fsp3) is 0.316. The molecular weight excluding hydrogens is 306 g/mol. The molecule has 2 aliphatic rings. The molecule has 0 N–H and O–H groups in total. The molecular formula is C19H19NO4. The molecule has 1 heterocycles. The minimum atomic E-state index is 0.0362. The fourth-order valence-corrected chi connectivity index (χ4v) is 2.91. The van der Waals surface area contributed by atoms with E-state index >= 15 is 0 Å². The van der Waals surface area contributed by atoms with E-state index in [0.29, 0.717) is 23.9 Å². The maximum Gasteiger partial charge on any atom is 0.254 e. The highest BCUT2D eigenvalue weighted by Crippen LogP contribution is 2.35. The first kappa shape index (κ1) is 14.9. The topological polar surface area (TPSA) is 48.0 Å². The van der Waals surface area contributed by atoms with Crippen molar-refractivity contribution in [3.63, 3.8) is 0 Å². The molecule has 0 aromatic heterocycles. The van der Waals surface area contributed by atoms with Gasteiger partial charge < -0.3 is 19.1 Å². The Bertz CT molecular complexity index is 770. The molecule has 1 amide bonds. The summed E-state index contributed by atoms with van der Waals surface area (Å²) in [5.41, 5.74) is 1.70. The van der Waals surface area contributed by atoms with E-state index in [2.05, 4.69) is 0 Å². The van der Waals surface area contributed by atoms with E-state index in [1.165, 1.54) is 0 Å². The van der Waals surface area contributed by atoms with Gasteiger partial charge in [0, 0.05) is 18.2 Å². The monoisotopic (exact) mass is 325 g/mol. The molecule has 1 saturated carbocycles. The molecule has 1 aliphatic heterocycles. The SMILES string of the molecule is COc1cccc(C(=O)N(Cc2ccc3c(c2)OCO3)C2CC2)c1. The molecule has 24 heavy (non-hydrogen) atoms. The second kappa shape index (κ2) is 6.07. The van der Waals surface area contributed by atoms with E-state index in [1.807, 2.05) is 41.3 Å². The van der Waals surface area contributed by atoms with Gasteiger partial charge >= 0.3 is 0 Å². The smallest absolute Gasteiger partial charge is 0.254 e. The van der Waals surface area contributed by atoms with E-state index in [-0.39, 0.29) is 12.7 Å². The van der Waals surface area contributed by atoms with Gasteiger partial charge in [0.1, 0.15) is 5.75 Å². The predicted molar refractivity (Wildman–Crippen MR) is 88.5 cm³/mol. The number of hydrogen-bond donors (Lipinski definition) is 0. The van der Waals surface area contributed by atoms with Crippen LogP contribution in [0, 0.1) is 0 Å². The highest BCUT2D eigenvalue weighted by atomic mass is 16.7. The number of carbonyl (C=O) groups excluding carboxylic acids is 1. The summed E-state index contributed by atoms with van der Waals surface area (Å²) in [6.45, 7) is 0.825. The van der Waals surface area contributed by atoms with Gasteiger partial charge in [-0.15, -0.1) is 0 Å². The largest absolute Gasteiger partial charge is 0.497 e. The number of benzene rings is 2. The average Bonchev–Trinajstić information content (AvgIpc) is 3.36. The molecule has 0 atom stereocenters. The Morgan fingerprint density at radius 2 is 2.00 bits per heavy atom. The number of methoxy groups -OCH3 is 1. The van der Waals surface area contributed by atoms with Crippen molar-refractivity contribution in [1.82, 2.24) is 4.90 Å². The molecule has 1 fully saturated rings. The summed E-state index contributed by atoms with van der Waals surface area (Å²) in [7, 11) is 1.61. The van der Waals surface area contributed by atoms with Crippen LogP contribution in [-0.2, 0) is 6.54 Å². The average molecular weight is 325 g/mol.